The summed E-state index contributed by atoms with van der Waals surface area (Å²) in [6, 6.07) is 21.7. The van der Waals surface area contributed by atoms with Crippen molar-refractivity contribution in [2.24, 2.45) is 0 Å². The number of aryl methyl sites for hydroxylation is 1. The minimum Gasteiger partial charge on any atom is -0.356 e. The molecule has 0 atom stereocenters. The third-order valence-electron chi connectivity index (χ3n) is 3.73. The number of amides is 1. The molecule has 0 aliphatic carbocycles. The van der Waals surface area contributed by atoms with Gasteiger partial charge in [-0.2, -0.15) is 0 Å². The van der Waals surface area contributed by atoms with Crippen molar-refractivity contribution in [2.75, 3.05) is 10.6 Å². The van der Waals surface area contributed by atoms with Crippen molar-refractivity contribution in [3.05, 3.63) is 89.7 Å². The standard InChI is InChI=1S/C21H19FN2O/c1-15-4-2-7-20(12-15)23-18-8-10-19(11-9-18)24-21(25)14-16-5-3-6-17(22)13-16/h2-13,23H,14H2,1H3,(H,24,25). The molecule has 3 aromatic carbocycles. The SMILES string of the molecule is Cc1cccc(Nc2ccc(NC(=O)Cc3cccc(F)c3)cc2)c1. The highest BCUT2D eigenvalue weighted by molar-refractivity contribution is 5.92. The van der Waals surface area contributed by atoms with Crippen LogP contribution in [0.4, 0.5) is 21.5 Å². The summed E-state index contributed by atoms with van der Waals surface area (Å²) in [4.78, 5) is 12.1. The molecule has 3 nitrogen and oxygen atoms in total. The van der Waals surface area contributed by atoms with Crippen molar-refractivity contribution in [2.45, 2.75) is 13.3 Å². The van der Waals surface area contributed by atoms with Gasteiger partial charge in [-0.25, -0.2) is 4.39 Å². The van der Waals surface area contributed by atoms with Crippen molar-refractivity contribution in [1.29, 1.82) is 0 Å². The molecule has 0 aliphatic rings. The molecule has 0 radical (unpaired) electrons. The molecule has 126 valence electrons. The van der Waals surface area contributed by atoms with E-state index in [0.717, 1.165) is 11.4 Å². The second-order valence-corrected chi connectivity index (χ2v) is 5.93. The molecule has 2 N–H and O–H groups in total. The Bertz CT molecular complexity index is 875. The molecule has 3 aromatic rings. The summed E-state index contributed by atoms with van der Waals surface area (Å²) in [5, 5.41) is 6.14. The Morgan fingerprint density at radius 1 is 0.880 bits per heavy atom. The zero-order valence-electron chi connectivity index (χ0n) is 13.9. The van der Waals surface area contributed by atoms with E-state index in [9.17, 15) is 9.18 Å². The van der Waals surface area contributed by atoms with Gasteiger partial charge in [0.1, 0.15) is 5.82 Å². The second kappa shape index (κ2) is 7.62. The molecule has 0 fully saturated rings. The van der Waals surface area contributed by atoms with Crippen LogP contribution in [0.1, 0.15) is 11.1 Å². The highest BCUT2D eigenvalue weighted by atomic mass is 19.1. The van der Waals surface area contributed by atoms with E-state index in [-0.39, 0.29) is 18.1 Å². The third-order valence-corrected chi connectivity index (χ3v) is 3.73. The molecule has 0 saturated carbocycles. The lowest BCUT2D eigenvalue weighted by molar-refractivity contribution is -0.115. The maximum atomic E-state index is 13.2. The van der Waals surface area contributed by atoms with E-state index in [1.165, 1.54) is 17.7 Å². The zero-order chi connectivity index (χ0) is 17.6. The number of carbonyl (C=O) groups is 1. The molecule has 0 aromatic heterocycles. The Kier molecular flexibility index (Phi) is 5.09. The summed E-state index contributed by atoms with van der Waals surface area (Å²) in [7, 11) is 0. The van der Waals surface area contributed by atoms with Gasteiger partial charge in [0.25, 0.3) is 0 Å². The smallest absolute Gasteiger partial charge is 0.228 e. The van der Waals surface area contributed by atoms with Gasteiger partial charge < -0.3 is 10.6 Å². The van der Waals surface area contributed by atoms with Crippen LogP contribution in [0.3, 0.4) is 0 Å². The van der Waals surface area contributed by atoms with Crippen molar-refractivity contribution in [1.82, 2.24) is 0 Å². The number of benzene rings is 3. The average Bonchev–Trinajstić information content (AvgIpc) is 2.57. The van der Waals surface area contributed by atoms with E-state index in [0.29, 0.717) is 11.3 Å². The predicted octanol–water partition coefficient (Wildman–Crippen LogP) is 5.06. The van der Waals surface area contributed by atoms with Gasteiger partial charge in [-0.05, 0) is 66.6 Å². The lowest BCUT2D eigenvalue weighted by Crippen LogP contribution is -2.14. The summed E-state index contributed by atoms with van der Waals surface area (Å²) in [5.41, 5.74) is 4.49. The Morgan fingerprint density at radius 3 is 2.32 bits per heavy atom. The van der Waals surface area contributed by atoms with Crippen molar-refractivity contribution in [3.8, 4) is 0 Å². The van der Waals surface area contributed by atoms with Gasteiger partial charge in [-0.1, -0.05) is 24.3 Å². The number of rotatable bonds is 5. The van der Waals surface area contributed by atoms with E-state index >= 15 is 0 Å². The van der Waals surface area contributed by atoms with Crippen molar-refractivity contribution in [3.63, 3.8) is 0 Å². The molecular weight excluding hydrogens is 315 g/mol. The normalized spacial score (nSPS) is 10.3. The highest BCUT2D eigenvalue weighted by Crippen LogP contribution is 2.20. The first-order chi connectivity index (χ1) is 12.1. The molecule has 0 saturated heterocycles. The zero-order valence-corrected chi connectivity index (χ0v) is 13.9. The van der Waals surface area contributed by atoms with Gasteiger partial charge in [-0.3, -0.25) is 4.79 Å². The van der Waals surface area contributed by atoms with Crippen LogP contribution < -0.4 is 10.6 Å². The Balaban J connectivity index is 1.59. The predicted molar refractivity (Wildman–Crippen MR) is 99.6 cm³/mol. The van der Waals surface area contributed by atoms with E-state index in [1.54, 1.807) is 12.1 Å². The van der Waals surface area contributed by atoms with Gasteiger partial charge >= 0.3 is 0 Å². The number of hydrogen-bond acceptors (Lipinski definition) is 2. The minimum atomic E-state index is -0.336. The third kappa shape index (κ3) is 4.91. The quantitative estimate of drug-likeness (QED) is 0.685. The van der Waals surface area contributed by atoms with Crippen LogP contribution in [-0.4, -0.2) is 5.91 Å². The van der Waals surface area contributed by atoms with E-state index in [1.807, 2.05) is 49.4 Å². The Morgan fingerprint density at radius 2 is 1.60 bits per heavy atom. The molecule has 0 bridgehead atoms. The summed E-state index contributed by atoms with van der Waals surface area (Å²) in [6.45, 7) is 2.04. The van der Waals surface area contributed by atoms with Crippen LogP contribution in [-0.2, 0) is 11.2 Å². The van der Waals surface area contributed by atoms with Crippen molar-refractivity contribution < 1.29 is 9.18 Å². The number of carbonyl (C=O) groups excluding carboxylic acids is 1. The first-order valence-corrected chi connectivity index (χ1v) is 8.06. The van der Waals surface area contributed by atoms with Gasteiger partial charge in [-0.15, -0.1) is 0 Å². The lowest BCUT2D eigenvalue weighted by Gasteiger charge is -2.09. The van der Waals surface area contributed by atoms with E-state index < -0.39 is 0 Å². The monoisotopic (exact) mass is 334 g/mol. The van der Waals surface area contributed by atoms with Crippen molar-refractivity contribution >= 4 is 23.0 Å². The first-order valence-electron chi connectivity index (χ1n) is 8.06. The molecule has 0 unspecified atom stereocenters. The molecule has 0 aliphatic heterocycles. The fourth-order valence-corrected chi connectivity index (χ4v) is 2.56. The molecular formula is C21H19FN2O. The molecule has 0 spiro atoms. The van der Waals surface area contributed by atoms with Gasteiger partial charge in [0.15, 0.2) is 0 Å². The average molecular weight is 334 g/mol. The van der Waals surface area contributed by atoms with Gasteiger partial charge in [0.2, 0.25) is 5.91 Å². The summed E-state index contributed by atoms with van der Waals surface area (Å²) >= 11 is 0. The molecule has 1 amide bonds. The second-order valence-electron chi connectivity index (χ2n) is 5.93. The number of halogens is 1. The maximum absolute atomic E-state index is 13.2. The molecule has 3 rings (SSSR count). The molecule has 25 heavy (non-hydrogen) atoms. The lowest BCUT2D eigenvalue weighted by atomic mass is 10.1. The minimum absolute atomic E-state index is 0.140. The van der Waals surface area contributed by atoms with Crippen LogP contribution in [0.15, 0.2) is 72.8 Å². The molecule has 4 heteroatoms. The van der Waals surface area contributed by atoms with Crippen LogP contribution >= 0.6 is 0 Å². The van der Waals surface area contributed by atoms with Gasteiger partial charge in [0, 0.05) is 17.1 Å². The Labute approximate surface area is 146 Å². The van der Waals surface area contributed by atoms with E-state index in [4.69, 9.17) is 0 Å². The summed E-state index contributed by atoms with van der Waals surface area (Å²) < 4.78 is 13.2. The highest BCUT2D eigenvalue weighted by Gasteiger charge is 2.05. The number of anilines is 3. The fourth-order valence-electron chi connectivity index (χ4n) is 2.56. The summed E-state index contributed by atoms with van der Waals surface area (Å²) in [5.74, 6) is -0.512. The van der Waals surface area contributed by atoms with Crippen LogP contribution in [0.5, 0.6) is 0 Å². The molecule has 0 heterocycles. The number of hydrogen-bond donors (Lipinski definition) is 2. The number of nitrogens with one attached hydrogen (secondary N) is 2. The van der Waals surface area contributed by atoms with Crippen LogP contribution in [0.2, 0.25) is 0 Å². The fraction of sp³-hybridized carbons (Fsp3) is 0.0952. The first kappa shape index (κ1) is 16.7. The maximum Gasteiger partial charge on any atom is 0.228 e. The van der Waals surface area contributed by atoms with Gasteiger partial charge in [0.05, 0.1) is 6.42 Å². The Hall–Kier alpha value is -3.14. The van der Waals surface area contributed by atoms with E-state index in [2.05, 4.69) is 16.7 Å². The summed E-state index contributed by atoms with van der Waals surface area (Å²) in [6.07, 6.45) is 0.140. The largest absolute Gasteiger partial charge is 0.356 e. The topological polar surface area (TPSA) is 41.1 Å². The van der Waals surface area contributed by atoms with Crippen LogP contribution in [0.25, 0.3) is 0 Å². The van der Waals surface area contributed by atoms with Crippen LogP contribution in [0, 0.1) is 12.7 Å².